The molecule has 0 aliphatic carbocycles. The fraction of sp³-hybridized carbons (Fsp3) is 0.455. The highest BCUT2D eigenvalue weighted by Crippen LogP contribution is 2.21. The van der Waals surface area contributed by atoms with Crippen molar-refractivity contribution < 1.29 is 9.31 Å². The van der Waals surface area contributed by atoms with E-state index in [0.29, 0.717) is 5.69 Å². The van der Waals surface area contributed by atoms with E-state index in [1.165, 1.54) is 12.1 Å². The topological polar surface area (TPSA) is 55.2 Å². The molecule has 4 nitrogen and oxygen atoms in total. The van der Waals surface area contributed by atoms with E-state index >= 15 is 0 Å². The lowest BCUT2D eigenvalue weighted by molar-refractivity contribution is -0.387. The molecule has 6 heteroatoms. The first-order valence-corrected chi connectivity index (χ1v) is 6.56. The highest BCUT2D eigenvalue weighted by atomic mass is 32.2. The van der Waals surface area contributed by atoms with Crippen LogP contribution in [-0.2, 0) is 0 Å². The molecule has 0 spiro atoms. The Morgan fingerprint density at radius 1 is 1.53 bits per heavy atom. The summed E-state index contributed by atoms with van der Waals surface area (Å²) in [5.74, 6) is 1.33. The molecule has 0 atom stereocenters. The molecule has 94 valence electrons. The first-order valence-electron chi connectivity index (χ1n) is 5.40. The first kappa shape index (κ1) is 13.8. The number of hydrogen-bond donors (Lipinski definition) is 1. The van der Waals surface area contributed by atoms with Gasteiger partial charge in [0.2, 0.25) is 5.82 Å². The second-order valence-electron chi connectivity index (χ2n) is 3.40. The second-order valence-corrected chi connectivity index (χ2v) is 4.79. The molecule has 0 saturated heterocycles. The molecule has 0 bridgehead atoms. The van der Waals surface area contributed by atoms with Crippen LogP contribution in [0.5, 0.6) is 0 Å². The van der Waals surface area contributed by atoms with Crippen LogP contribution in [-0.4, -0.2) is 23.0 Å². The van der Waals surface area contributed by atoms with Gasteiger partial charge in [0.1, 0.15) is 0 Å². The summed E-state index contributed by atoms with van der Waals surface area (Å²) >= 11 is 1.85. The van der Waals surface area contributed by atoms with E-state index < -0.39 is 16.4 Å². The maximum atomic E-state index is 13.0. The van der Waals surface area contributed by atoms with Gasteiger partial charge in [-0.25, -0.2) is 0 Å². The number of hydrogen-bond acceptors (Lipinski definition) is 4. The number of nitro benzene ring substituents is 1. The van der Waals surface area contributed by atoms with E-state index in [1.54, 1.807) is 0 Å². The van der Waals surface area contributed by atoms with Gasteiger partial charge in [0, 0.05) is 18.3 Å². The number of halogens is 1. The highest BCUT2D eigenvalue weighted by molar-refractivity contribution is 7.99. The van der Waals surface area contributed by atoms with E-state index in [9.17, 15) is 14.5 Å². The number of nitro groups is 1. The molecular weight excluding hydrogens is 243 g/mol. The summed E-state index contributed by atoms with van der Waals surface area (Å²) in [4.78, 5) is 9.81. The lowest BCUT2D eigenvalue weighted by Crippen LogP contribution is -2.03. The smallest absolute Gasteiger partial charge is 0.306 e. The average Bonchev–Trinajstić information content (AvgIpc) is 2.30. The summed E-state index contributed by atoms with van der Waals surface area (Å²) in [6.07, 6.45) is 0.976. The highest BCUT2D eigenvalue weighted by Gasteiger charge is 2.13. The maximum absolute atomic E-state index is 13.0. The molecule has 0 aromatic heterocycles. The number of nitrogens with zero attached hydrogens (tertiary/aromatic N) is 1. The molecular formula is C11H15FN2O2S. The van der Waals surface area contributed by atoms with Crippen LogP contribution >= 0.6 is 11.8 Å². The van der Waals surface area contributed by atoms with E-state index in [2.05, 4.69) is 12.2 Å². The molecule has 17 heavy (non-hydrogen) atoms. The Morgan fingerprint density at radius 3 is 2.94 bits per heavy atom. The number of nitrogens with one attached hydrogen (secondary N) is 1. The van der Waals surface area contributed by atoms with Crippen LogP contribution in [0.2, 0.25) is 0 Å². The van der Waals surface area contributed by atoms with Crippen LogP contribution in [0.1, 0.15) is 13.3 Å². The minimum atomic E-state index is -0.804. The van der Waals surface area contributed by atoms with Crippen LogP contribution < -0.4 is 5.32 Å². The van der Waals surface area contributed by atoms with E-state index in [0.717, 1.165) is 30.5 Å². The SMILES string of the molecule is CCSCCCNc1ccc(F)c([N+](=O)[O-])c1. The zero-order chi connectivity index (χ0) is 12.7. The van der Waals surface area contributed by atoms with Crippen molar-refractivity contribution in [3.05, 3.63) is 34.1 Å². The summed E-state index contributed by atoms with van der Waals surface area (Å²) < 4.78 is 13.0. The Morgan fingerprint density at radius 2 is 2.29 bits per heavy atom. The third-order valence-corrected chi connectivity index (χ3v) is 3.13. The second kappa shape index (κ2) is 7.11. The molecule has 1 rings (SSSR count). The summed E-state index contributed by atoms with van der Waals surface area (Å²) in [6, 6.07) is 3.85. The van der Waals surface area contributed by atoms with Gasteiger partial charge in [0.15, 0.2) is 0 Å². The number of benzene rings is 1. The van der Waals surface area contributed by atoms with Crippen molar-refractivity contribution in [2.24, 2.45) is 0 Å². The zero-order valence-electron chi connectivity index (χ0n) is 9.61. The van der Waals surface area contributed by atoms with Crippen molar-refractivity contribution in [2.75, 3.05) is 23.4 Å². The standard InChI is InChI=1S/C11H15FN2O2S/c1-2-17-7-3-6-13-9-4-5-10(12)11(8-9)14(15)16/h4-5,8,13H,2-3,6-7H2,1H3. The van der Waals surface area contributed by atoms with Crippen molar-refractivity contribution in [3.8, 4) is 0 Å². The van der Waals surface area contributed by atoms with Gasteiger partial charge >= 0.3 is 5.69 Å². The molecule has 0 aliphatic heterocycles. The molecule has 1 aromatic rings. The fourth-order valence-electron chi connectivity index (χ4n) is 1.31. The maximum Gasteiger partial charge on any atom is 0.306 e. The number of thioether (sulfide) groups is 1. The largest absolute Gasteiger partial charge is 0.385 e. The zero-order valence-corrected chi connectivity index (χ0v) is 10.4. The summed E-state index contributed by atoms with van der Waals surface area (Å²) in [5, 5.41) is 13.6. The molecule has 1 aromatic carbocycles. The molecule has 0 fully saturated rings. The van der Waals surface area contributed by atoms with Gasteiger partial charge in [-0.05, 0) is 30.1 Å². The molecule has 0 unspecified atom stereocenters. The Labute approximate surface area is 104 Å². The van der Waals surface area contributed by atoms with Gasteiger partial charge < -0.3 is 5.32 Å². The minimum absolute atomic E-state index is 0.488. The first-order chi connectivity index (χ1) is 8.15. The lowest BCUT2D eigenvalue weighted by Gasteiger charge is -2.05. The summed E-state index contributed by atoms with van der Waals surface area (Å²) in [5.41, 5.74) is 0.0949. The van der Waals surface area contributed by atoms with Gasteiger partial charge in [-0.2, -0.15) is 16.2 Å². The minimum Gasteiger partial charge on any atom is -0.385 e. The monoisotopic (exact) mass is 258 g/mol. The Balaban J connectivity index is 2.49. The third kappa shape index (κ3) is 4.60. The Kier molecular flexibility index (Phi) is 5.76. The predicted molar refractivity (Wildman–Crippen MR) is 69.2 cm³/mol. The molecule has 1 N–H and O–H groups in total. The van der Waals surface area contributed by atoms with Crippen molar-refractivity contribution in [1.82, 2.24) is 0 Å². The van der Waals surface area contributed by atoms with Gasteiger partial charge in [0.05, 0.1) is 4.92 Å². The van der Waals surface area contributed by atoms with Gasteiger partial charge in [-0.15, -0.1) is 0 Å². The van der Waals surface area contributed by atoms with Crippen molar-refractivity contribution in [3.63, 3.8) is 0 Å². The number of rotatable bonds is 7. The van der Waals surface area contributed by atoms with Crippen LogP contribution in [0.15, 0.2) is 18.2 Å². The molecule has 0 saturated carbocycles. The van der Waals surface area contributed by atoms with Gasteiger partial charge in [-0.1, -0.05) is 6.92 Å². The van der Waals surface area contributed by atoms with Gasteiger partial charge in [-0.3, -0.25) is 10.1 Å². The Hall–Kier alpha value is -1.30. The molecule has 0 amide bonds. The average molecular weight is 258 g/mol. The normalized spacial score (nSPS) is 10.2. The molecule has 0 aliphatic rings. The van der Waals surface area contributed by atoms with Crippen molar-refractivity contribution in [1.29, 1.82) is 0 Å². The lowest BCUT2D eigenvalue weighted by atomic mass is 10.2. The third-order valence-electron chi connectivity index (χ3n) is 2.14. The summed E-state index contributed by atoms with van der Waals surface area (Å²) in [6.45, 7) is 2.83. The van der Waals surface area contributed by atoms with E-state index in [-0.39, 0.29) is 0 Å². The quantitative estimate of drug-likeness (QED) is 0.463. The molecule has 0 radical (unpaired) electrons. The van der Waals surface area contributed by atoms with Crippen LogP contribution in [0.3, 0.4) is 0 Å². The predicted octanol–water partition coefficient (Wildman–Crippen LogP) is 3.29. The van der Waals surface area contributed by atoms with Crippen LogP contribution in [0, 0.1) is 15.9 Å². The Bertz CT molecular complexity index is 388. The van der Waals surface area contributed by atoms with Gasteiger partial charge in [0.25, 0.3) is 0 Å². The van der Waals surface area contributed by atoms with E-state index in [4.69, 9.17) is 0 Å². The fourth-order valence-corrected chi connectivity index (χ4v) is 1.95. The van der Waals surface area contributed by atoms with Crippen LogP contribution in [0.4, 0.5) is 15.8 Å². The van der Waals surface area contributed by atoms with Crippen LogP contribution in [0.25, 0.3) is 0 Å². The van der Waals surface area contributed by atoms with Crippen molar-refractivity contribution in [2.45, 2.75) is 13.3 Å². The van der Waals surface area contributed by atoms with Crippen molar-refractivity contribution >= 4 is 23.1 Å². The molecule has 0 heterocycles. The summed E-state index contributed by atoms with van der Waals surface area (Å²) in [7, 11) is 0. The van der Waals surface area contributed by atoms with E-state index in [1.807, 2.05) is 11.8 Å². The number of anilines is 1.